The number of anilines is 1. The average molecular weight is 302 g/mol. The van der Waals surface area contributed by atoms with Crippen molar-refractivity contribution in [2.24, 2.45) is 0 Å². The molecule has 22 heavy (non-hydrogen) atoms. The summed E-state index contributed by atoms with van der Waals surface area (Å²) in [5.41, 5.74) is 1.02. The molecule has 0 atom stereocenters. The fourth-order valence-electron chi connectivity index (χ4n) is 1.81. The van der Waals surface area contributed by atoms with Gasteiger partial charge in [0, 0.05) is 6.54 Å². The van der Waals surface area contributed by atoms with Gasteiger partial charge in [0.15, 0.2) is 0 Å². The number of rotatable bonds is 4. The molecule has 0 aliphatic rings. The first-order valence-corrected chi connectivity index (χ1v) is 6.68. The van der Waals surface area contributed by atoms with Crippen LogP contribution in [0.25, 0.3) is 0 Å². The number of hydrogen-bond donors (Lipinski definition) is 3. The molecule has 6 heteroatoms. The summed E-state index contributed by atoms with van der Waals surface area (Å²) in [4.78, 5) is 23.3. The number of phenols is 1. The molecule has 114 valence electrons. The third kappa shape index (κ3) is 4.31. The zero-order valence-electron chi connectivity index (χ0n) is 11.7. The molecule has 0 unspecified atom stereocenters. The predicted octanol–water partition coefficient (Wildman–Crippen LogP) is 1.83. The minimum atomic E-state index is -0.861. The van der Waals surface area contributed by atoms with Gasteiger partial charge in [-0.3, -0.25) is 9.59 Å². The second-order valence-electron chi connectivity index (χ2n) is 4.60. The van der Waals surface area contributed by atoms with Gasteiger partial charge in [-0.1, -0.05) is 24.3 Å². The van der Waals surface area contributed by atoms with Crippen molar-refractivity contribution in [3.63, 3.8) is 0 Å². The van der Waals surface area contributed by atoms with Gasteiger partial charge in [-0.05, 0) is 36.2 Å². The summed E-state index contributed by atoms with van der Waals surface area (Å²) >= 11 is 0. The van der Waals surface area contributed by atoms with Gasteiger partial charge in [0.05, 0.1) is 5.69 Å². The van der Waals surface area contributed by atoms with E-state index < -0.39 is 11.8 Å². The van der Waals surface area contributed by atoms with Crippen molar-refractivity contribution in [2.45, 2.75) is 6.42 Å². The summed E-state index contributed by atoms with van der Waals surface area (Å²) in [6.07, 6.45) is 0.482. The summed E-state index contributed by atoms with van der Waals surface area (Å²) in [6.45, 7) is 0.249. The van der Waals surface area contributed by atoms with Crippen molar-refractivity contribution < 1.29 is 19.1 Å². The Bertz CT molecular complexity index is 671. The van der Waals surface area contributed by atoms with Crippen molar-refractivity contribution in [3.8, 4) is 5.75 Å². The first kappa shape index (κ1) is 15.5. The van der Waals surface area contributed by atoms with E-state index in [1.54, 1.807) is 24.3 Å². The van der Waals surface area contributed by atoms with Gasteiger partial charge in [0.1, 0.15) is 11.6 Å². The standard InChI is InChI=1S/C16H15FN2O3/c17-12-7-5-11(6-8-12)9-10-18-15(21)16(22)19-13-3-1-2-4-14(13)20/h1-8,20H,9-10H2,(H,18,21)(H,19,22). The zero-order chi connectivity index (χ0) is 15.9. The van der Waals surface area contributed by atoms with Crippen LogP contribution in [0, 0.1) is 5.82 Å². The van der Waals surface area contributed by atoms with Gasteiger partial charge in [0.2, 0.25) is 0 Å². The molecule has 0 aromatic heterocycles. The Morgan fingerprint density at radius 3 is 2.36 bits per heavy atom. The van der Waals surface area contributed by atoms with Crippen LogP contribution in [-0.2, 0) is 16.0 Å². The quantitative estimate of drug-likeness (QED) is 0.595. The molecule has 5 nitrogen and oxygen atoms in total. The van der Waals surface area contributed by atoms with E-state index in [4.69, 9.17) is 0 Å². The Labute approximate surface area is 126 Å². The summed E-state index contributed by atoms with van der Waals surface area (Å²) in [7, 11) is 0. The van der Waals surface area contributed by atoms with Crippen LogP contribution in [0.4, 0.5) is 10.1 Å². The number of halogens is 1. The minimum Gasteiger partial charge on any atom is -0.506 e. The molecule has 2 aromatic carbocycles. The highest BCUT2D eigenvalue weighted by molar-refractivity contribution is 6.39. The van der Waals surface area contributed by atoms with Crippen molar-refractivity contribution in [1.82, 2.24) is 5.32 Å². The van der Waals surface area contributed by atoms with Crippen LogP contribution >= 0.6 is 0 Å². The van der Waals surface area contributed by atoms with Crippen LogP contribution in [-0.4, -0.2) is 23.5 Å². The van der Waals surface area contributed by atoms with Gasteiger partial charge in [-0.15, -0.1) is 0 Å². The van der Waals surface area contributed by atoms with Gasteiger partial charge >= 0.3 is 11.8 Å². The first-order valence-electron chi connectivity index (χ1n) is 6.68. The molecule has 0 aliphatic carbocycles. The first-order chi connectivity index (χ1) is 10.6. The highest BCUT2D eigenvalue weighted by Gasteiger charge is 2.14. The third-order valence-electron chi connectivity index (χ3n) is 2.97. The predicted molar refractivity (Wildman–Crippen MR) is 79.9 cm³/mol. The lowest BCUT2D eigenvalue weighted by atomic mass is 10.1. The lowest BCUT2D eigenvalue weighted by Crippen LogP contribution is -2.36. The number of nitrogens with one attached hydrogen (secondary N) is 2. The fraction of sp³-hybridized carbons (Fsp3) is 0.125. The van der Waals surface area contributed by atoms with Crippen molar-refractivity contribution in [2.75, 3.05) is 11.9 Å². The van der Waals surface area contributed by atoms with E-state index in [2.05, 4.69) is 10.6 Å². The highest BCUT2D eigenvalue weighted by atomic mass is 19.1. The largest absolute Gasteiger partial charge is 0.506 e. The second-order valence-corrected chi connectivity index (χ2v) is 4.60. The molecule has 0 aliphatic heterocycles. The van der Waals surface area contributed by atoms with Crippen LogP contribution in [0.5, 0.6) is 5.75 Å². The topological polar surface area (TPSA) is 78.4 Å². The number of hydrogen-bond acceptors (Lipinski definition) is 3. The number of benzene rings is 2. The van der Waals surface area contributed by atoms with Crippen molar-refractivity contribution in [1.29, 1.82) is 0 Å². The summed E-state index contributed by atoms with van der Waals surface area (Å²) < 4.78 is 12.7. The van der Waals surface area contributed by atoms with Crippen LogP contribution < -0.4 is 10.6 Å². The minimum absolute atomic E-state index is 0.116. The smallest absolute Gasteiger partial charge is 0.313 e. The number of phenolic OH excluding ortho intramolecular Hbond substituents is 1. The van der Waals surface area contributed by atoms with E-state index in [0.29, 0.717) is 6.42 Å². The lowest BCUT2D eigenvalue weighted by molar-refractivity contribution is -0.136. The van der Waals surface area contributed by atoms with Gasteiger partial charge in [0.25, 0.3) is 0 Å². The summed E-state index contributed by atoms with van der Waals surface area (Å²) in [5.74, 6) is -2.10. The van der Waals surface area contributed by atoms with E-state index >= 15 is 0 Å². The maximum absolute atomic E-state index is 12.7. The summed E-state index contributed by atoms with van der Waals surface area (Å²) in [6, 6.07) is 12.0. The molecular formula is C16H15FN2O3. The van der Waals surface area contributed by atoms with Crippen LogP contribution in [0.2, 0.25) is 0 Å². The van der Waals surface area contributed by atoms with Gasteiger partial charge < -0.3 is 15.7 Å². The molecule has 2 amide bonds. The Morgan fingerprint density at radius 1 is 1.00 bits per heavy atom. The van der Waals surface area contributed by atoms with Gasteiger partial charge in [-0.25, -0.2) is 4.39 Å². The second kappa shape index (κ2) is 7.21. The number of para-hydroxylation sites is 2. The van der Waals surface area contributed by atoms with Gasteiger partial charge in [-0.2, -0.15) is 0 Å². The van der Waals surface area contributed by atoms with Crippen molar-refractivity contribution in [3.05, 3.63) is 59.9 Å². The maximum Gasteiger partial charge on any atom is 0.313 e. The number of carbonyl (C=O) groups is 2. The number of aromatic hydroxyl groups is 1. The van der Waals surface area contributed by atoms with Crippen molar-refractivity contribution >= 4 is 17.5 Å². The molecule has 0 bridgehead atoms. The Morgan fingerprint density at radius 2 is 1.68 bits per heavy atom. The van der Waals surface area contributed by atoms with E-state index in [0.717, 1.165) is 5.56 Å². The maximum atomic E-state index is 12.7. The lowest BCUT2D eigenvalue weighted by Gasteiger charge is -2.07. The molecule has 0 spiro atoms. The van der Waals surface area contributed by atoms with E-state index in [1.165, 1.54) is 24.3 Å². The van der Waals surface area contributed by atoms with Crippen LogP contribution in [0.1, 0.15) is 5.56 Å². The Kier molecular flexibility index (Phi) is 5.08. The molecule has 3 N–H and O–H groups in total. The molecule has 0 saturated carbocycles. The number of amides is 2. The normalized spacial score (nSPS) is 10.0. The molecule has 2 rings (SSSR count). The van der Waals surface area contributed by atoms with E-state index in [1.807, 2.05) is 0 Å². The average Bonchev–Trinajstić information content (AvgIpc) is 2.51. The Balaban J connectivity index is 1.80. The van der Waals surface area contributed by atoms with E-state index in [9.17, 15) is 19.1 Å². The molecule has 0 saturated heterocycles. The third-order valence-corrected chi connectivity index (χ3v) is 2.97. The zero-order valence-corrected chi connectivity index (χ0v) is 11.7. The number of carbonyl (C=O) groups excluding carboxylic acids is 2. The molecule has 0 heterocycles. The highest BCUT2D eigenvalue weighted by Crippen LogP contribution is 2.21. The van der Waals surface area contributed by atoms with Crippen LogP contribution in [0.15, 0.2) is 48.5 Å². The molecule has 0 radical (unpaired) electrons. The SMILES string of the molecule is O=C(NCCc1ccc(F)cc1)C(=O)Nc1ccccc1O. The fourth-order valence-corrected chi connectivity index (χ4v) is 1.81. The molecule has 0 fully saturated rings. The monoisotopic (exact) mass is 302 g/mol. The Hall–Kier alpha value is -2.89. The van der Waals surface area contributed by atoms with E-state index in [-0.39, 0.29) is 23.8 Å². The summed E-state index contributed by atoms with van der Waals surface area (Å²) in [5, 5.41) is 14.3. The molecule has 2 aromatic rings. The van der Waals surface area contributed by atoms with Crippen LogP contribution in [0.3, 0.4) is 0 Å². The molecular weight excluding hydrogens is 287 g/mol.